The average molecular weight is 374 g/mol. The van der Waals surface area contributed by atoms with E-state index in [0.29, 0.717) is 10.7 Å². The Balaban J connectivity index is 1.70. The Kier molecular flexibility index (Phi) is 4.68. The zero-order chi connectivity index (χ0) is 18.8. The van der Waals surface area contributed by atoms with E-state index in [1.807, 2.05) is 0 Å². The van der Waals surface area contributed by atoms with Crippen molar-refractivity contribution in [3.05, 3.63) is 68.7 Å². The Bertz CT molecular complexity index is 944. The number of imide groups is 1. The van der Waals surface area contributed by atoms with Crippen LogP contribution in [-0.2, 0) is 4.79 Å². The van der Waals surface area contributed by atoms with E-state index in [0.717, 1.165) is 4.90 Å². The summed E-state index contributed by atoms with van der Waals surface area (Å²) in [7, 11) is 0. The molecule has 0 saturated heterocycles. The number of nitrogens with one attached hydrogen (secondary N) is 1. The number of nitro groups is 1. The van der Waals surface area contributed by atoms with Crippen molar-refractivity contribution >= 4 is 40.7 Å². The molecule has 0 spiro atoms. The number of rotatable bonds is 5. The van der Waals surface area contributed by atoms with Gasteiger partial charge in [-0.3, -0.25) is 29.4 Å². The van der Waals surface area contributed by atoms with Crippen LogP contribution in [0.3, 0.4) is 0 Å². The summed E-state index contributed by atoms with van der Waals surface area (Å²) in [5.41, 5.74) is -0.204. The Morgan fingerprint density at radius 2 is 1.88 bits per heavy atom. The first-order valence-corrected chi connectivity index (χ1v) is 7.95. The number of carbonyl (C=O) groups is 3. The zero-order valence-corrected chi connectivity index (χ0v) is 14.0. The first kappa shape index (κ1) is 17.6. The molecule has 0 unspecified atom stereocenters. The van der Waals surface area contributed by atoms with Crippen molar-refractivity contribution in [3.63, 3.8) is 0 Å². The molecule has 0 aliphatic carbocycles. The van der Waals surface area contributed by atoms with Crippen LogP contribution >= 0.6 is 11.6 Å². The number of benzene rings is 2. The lowest BCUT2D eigenvalue weighted by Crippen LogP contribution is -2.33. The Hall–Kier alpha value is -3.26. The second-order valence-electron chi connectivity index (χ2n) is 5.53. The Morgan fingerprint density at radius 1 is 1.15 bits per heavy atom. The summed E-state index contributed by atoms with van der Waals surface area (Å²) < 4.78 is 0. The van der Waals surface area contributed by atoms with Crippen LogP contribution in [0.15, 0.2) is 42.5 Å². The van der Waals surface area contributed by atoms with Gasteiger partial charge < -0.3 is 5.32 Å². The second-order valence-corrected chi connectivity index (χ2v) is 5.96. The molecule has 132 valence electrons. The van der Waals surface area contributed by atoms with Crippen LogP contribution in [0.1, 0.15) is 27.1 Å². The minimum Gasteiger partial charge on any atom is -0.326 e. The molecule has 3 rings (SSSR count). The van der Waals surface area contributed by atoms with Gasteiger partial charge in [0.1, 0.15) is 5.56 Å². The van der Waals surface area contributed by atoms with Crippen molar-refractivity contribution in [2.45, 2.75) is 6.42 Å². The molecule has 1 N–H and O–H groups in total. The monoisotopic (exact) mass is 373 g/mol. The van der Waals surface area contributed by atoms with Crippen LogP contribution < -0.4 is 5.32 Å². The number of fused-ring (bicyclic) bond motifs is 1. The summed E-state index contributed by atoms with van der Waals surface area (Å²) in [5, 5.41) is 14.1. The van der Waals surface area contributed by atoms with Gasteiger partial charge in [0.15, 0.2) is 0 Å². The number of hydrogen-bond donors (Lipinski definition) is 1. The molecule has 9 heteroatoms. The summed E-state index contributed by atoms with van der Waals surface area (Å²) >= 11 is 5.84. The smallest absolute Gasteiger partial charge is 0.282 e. The molecule has 26 heavy (non-hydrogen) atoms. The molecule has 0 saturated carbocycles. The van der Waals surface area contributed by atoms with E-state index in [1.54, 1.807) is 24.3 Å². The van der Waals surface area contributed by atoms with Crippen LogP contribution in [-0.4, -0.2) is 34.1 Å². The highest BCUT2D eigenvalue weighted by atomic mass is 35.5. The quantitative estimate of drug-likeness (QED) is 0.492. The summed E-state index contributed by atoms with van der Waals surface area (Å²) in [6, 6.07) is 10.4. The molecule has 3 amide bonds. The lowest BCUT2D eigenvalue weighted by Gasteiger charge is -2.13. The summed E-state index contributed by atoms with van der Waals surface area (Å²) in [5.74, 6) is -1.84. The largest absolute Gasteiger partial charge is 0.326 e. The number of amides is 3. The van der Waals surface area contributed by atoms with Gasteiger partial charge in [0.25, 0.3) is 17.5 Å². The molecule has 2 aromatic carbocycles. The predicted molar refractivity (Wildman–Crippen MR) is 93.2 cm³/mol. The van der Waals surface area contributed by atoms with Crippen molar-refractivity contribution in [2.75, 3.05) is 11.9 Å². The zero-order valence-electron chi connectivity index (χ0n) is 13.3. The Labute approximate surface area is 152 Å². The van der Waals surface area contributed by atoms with Gasteiger partial charge in [-0.2, -0.15) is 0 Å². The SMILES string of the molecule is O=C(CCN1C(=O)c2cccc([N+](=O)[O-])c2C1=O)Nc1cccc(Cl)c1. The maximum absolute atomic E-state index is 12.4. The fourth-order valence-corrected chi connectivity index (χ4v) is 2.86. The lowest BCUT2D eigenvalue weighted by molar-refractivity contribution is -0.385. The number of nitro benzene ring substituents is 1. The van der Waals surface area contributed by atoms with Gasteiger partial charge in [-0.15, -0.1) is 0 Å². The first-order valence-electron chi connectivity index (χ1n) is 7.57. The predicted octanol–water partition coefficient (Wildman–Crippen LogP) is 2.87. The molecule has 1 aliphatic heterocycles. The van der Waals surface area contributed by atoms with Crippen molar-refractivity contribution < 1.29 is 19.3 Å². The normalized spacial score (nSPS) is 12.9. The third kappa shape index (κ3) is 3.27. The van der Waals surface area contributed by atoms with Gasteiger partial charge in [-0.25, -0.2) is 0 Å². The van der Waals surface area contributed by atoms with E-state index < -0.39 is 28.3 Å². The molecule has 8 nitrogen and oxygen atoms in total. The van der Waals surface area contributed by atoms with Crippen LogP contribution in [0.5, 0.6) is 0 Å². The number of nitrogens with zero attached hydrogens (tertiary/aromatic N) is 2. The average Bonchev–Trinajstić information content (AvgIpc) is 2.84. The van der Waals surface area contributed by atoms with Gasteiger partial charge >= 0.3 is 0 Å². The maximum atomic E-state index is 12.4. The number of hydrogen-bond acceptors (Lipinski definition) is 5. The summed E-state index contributed by atoms with van der Waals surface area (Å²) in [6.45, 7) is -0.185. The van der Waals surface area contributed by atoms with Crippen molar-refractivity contribution in [1.82, 2.24) is 4.90 Å². The molecule has 0 atom stereocenters. The van der Waals surface area contributed by atoms with Crippen LogP contribution in [0.4, 0.5) is 11.4 Å². The van der Waals surface area contributed by atoms with Crippen LogP contribution in [0.2, 0.25) is 5.02 Å². The van der Waals surface area contributed by atoms with E-state index >= 15 is 0 Å². The van der Waals surface area contributed by atoms with Crippen molar-refractivity contribution in [1.29, 1.82) is 0 Å². The number of anilines is 1. The minimum absolute atomic E-state index is 0.0283. The van der Waals surface area contributed by atoms with Crippen LogP contribution in [0.25, 0.3) is 0 Å². The standard InChI is InChI=1S/C17H12ClN3O5/c18-10-3-1-4-11(9-10)19-14(22)7-8-20-16(23)12-5-2-6-13(21(25)26)15(12)17(20)24/h1-6,9H,7-8H2,(H,19,22). The molecule has 0 fully saturated rings. The molecule has 1 heterocycles. The highest BCUT2D eigenvalue weighted by molar-refractivity contribution is 6.30. The summed E-state index contributed by atoms with van der Waals surface area (Å²) in [4.78, 5) is 48.0. The molecule has 0 aromatic heterocycles. The van der Waals surface area contributed by atoms with E-state index in [9.17, 15) is 24.5 Å². The van der Waals surface area contributed by atoms with E-state index in [-0.39, 0.29) is 24.1 Å². The molecule has 1 aliphatic rings. The first-order chi connectivity index (χ1) is 12.4. The molecule has 2 aromatic rings. The fraction of sp³-hybridized carbons (Fsp3) is 0.118. The summed E-state index contributed by atoms with van der Waals surface area (Å²) in [6.07, 6.45) is -0.147. The van der Waals surface area contributed by atoms with E-state index in [4.69, 9.17) is 11.6 Å². The van der Waals surface area contributed by atoms with Gasteiger partial charge in [-0.1, -0.05) is 23.7 Å². The number of carbonyl (C=O) groups excluding carboxylic acids is 3. The van der Waals surface area contributed by atoms with Crippen LogP contribution in [0, 0.1) is 10.1 Å². The third-order valence-corrected chi connectivity index (χ3v) is 4.08. The van der Waals surface area contributed by atoms with Gasteiger partial charge in [0, 0.05) is 29.7 Å². The number of halogens is 1. The highest BCUT2D eigenvalue weighted by Gasteiger charge is 2.40. The second kappa shape index (κ2) is 6.93. The van der Waals surface area contributed by atoms with Gasteiger partial charge in [-0.05, 0) is 24.3 Å². The van der Waals surface area contributed by atoms with Gasteiger partial charge in [0.05, 0.1) is 10.5 Å². The van der Waals surface area contributed by atoms with Gasteiger partial charge in [0.2, 0.25) is 5.91 Å². The Morgan fingerprint density at radius 3 is 2.58 bits per heavy atom. The van der Waals surface area contributed by atoms with Crippen molar-refractivity contribution in [2.24, 2.45) is 0 Å². The fourth-order valence-electron chi connectivity index (χ4n) is 2.67. The maximum Gasteiger partial charge on any atom is 0.282 e. The van der Waals surface area contributed by atoms with E-state index in [2.05, 4.69) is 5.32 Å². The van der Waals surface area contributed by atoms with E-state index in [1.165, 1.54) is 18.2 Å². The third-order valence-electron chi connectivity index (χ3n) is 3.84. The molecule has 0 radical (unpaired) electrons. The molecule has 0 bridgehead atoms. The van der Waals surface area contributed by atoms with Crippen molar-refractivity contribution in [3.8, 4) is 0 Å². The molecular weight excluding hydrogens is 362 g/mol. The topological polar surface area (TPSA) is 110 Å². The molecular formula is C17H12ClN3O5. The minimum atomic E-state index is -0.771. The highest BCUT2D eigenvalue weighted by Crippen LogP contribution is 2.30. The lowest BCUT2D eigenvalue weighted by atomic mass is 10.1.